The van der Waals surface area contributed by atoms with Crippen LogP contribution < -0.4 is 5.32 Å². The molecule has 3 rings (SSSR count). The van der Waals surface area contributed by atoms with Crippen molar-refractivity contribution in [3.63, 3.8) is 0 Å². The van der Waals surface area contributed by atoms with Crippen LogP contribution in [0.4, 0.5) is 0 Å². The Morgan fingerprint density at radius 2 is 1.86 bits per heavy atom. The molecule has 1 aliphatic carbocycles. The predicted molar refractivity (Wildman–Crippen MR) is 117 cm³/mol. The maximum Gasteiger partial charge on any atom is 0.254 e. The van der Waals surface area contributed by atoms with Gasteiger partial charge in [0.05, 0.1) is 5.56 Å². The van der Waals surface area contributed by atoms with Crippen LogP contribution in [0.25, 0.3) is 0 Å². The van der Waals surface area contributed by atoms with Crippen molar-refractivity contribution in [3.05, 3.63) is 59.8 Å². The average Bonchev–Trinajstić information content (AvgIpc) is 2.73. The zero-order chi connectivity index (χ0) is 19.9. The van der Waals surface area contributed by atoms with Crippen molar-refractivity contribution in [2.24, 2.45) is 11.8 Å². The molecule has 1 aromatic carbocycles. The molecule has 1 heterocycles. The number of rotatable bonds is 7. The molecule has 1 aliphatic rings. The van der Waals surface area contributed by atoms with Gasteiger partial charge in [0, 0.05) is 18.8 Å². The summed E-state index contributed by atoms with van der Waals surface area (Å²) in [7, 11) is 4.36. The summed E-state index contributed by atoms with van der Waals surface area (Å²) in [4.78, 5) is 19.2. The molecule has 1 atom stereocenters. The van der Waals surface area contributed by atoms with Crippen LogP contribution in [0, 0.1) is 11.8 Å². The van der Waals surface area contributed by atoms with Crippen LogP contribution in [-0.4, -0.2) is 42.7 Å². The van der Waals surface area contributed by atoms with E-state index in [0.717, 1.165) is 11.6 Å². The van der Waals surface area contributed by atoms with Gasteiger partial charge in [0.1, 0.15) is 5.03 Å². The Bertz CT molecular complexity index is 757. The highest BCUT2D eigenvalue weighted by atomic mass is 32.2. The number of carbonyl (C=O) groups excluding carboxylic acids is 1. The molecule has 1 unspecified atom stereocenters. The molecule has 1 saturated carbocycles. The maximum atomic E-state index is 12.5. The third-order valence-electron chi connectivity index (χ3n) is 5.80. The highest BCUT2D eigenvalue weighted by molar-refractivity contribution is 7.98. The third kappa shape index (κ3) is 5.15. The molecule has 0 bridgehead atoms. The molecule has 0 spiro atoms. The van der Waals surface area contributed by atoms with Gasteiger partial charge in [-0.05, 0) is 75.6 Å². The van der Waals surface area contributed by atoms with Gasteiger partial charge in [-0.15, -0.1) is 11.8 Å². The van der Waals surface area contributed by atoms with Gasteiger partial charge in [0.2, 0.25) is 0 Å². The van der Waals surface area contributed by atoms with Gasteiger partial charge in [-0.1, -0.05) is 30.3 Å². The van der Waals surface area contributed by atoms with Gasteiger partial charge in [0.25, 0.3) is 5.91 Å². The summed E-state index contributed by atoms with van der Waals surface area (Å²) in [6.07, 6.45) is 8.45. The Kier molecular flexibility index (Phi) is 7.51. The van der Waals surface area contributed by atoms with E-state index in [4.69, 9.17) is 0 Å². The number of nitrogens with zero attached hydrogens (tertiary/aromatic N) is 2. The van der Waals surface area contributed by atoms with Crippen LogP contribution in [0.5, 0.6) is 0 Å². The standard InChI is InChI=1S/C23H31N3OS/c1-26(2)21(18-8-5-4-6-9-18)19-13-11-17(12-14-19)16-25-22(27)20-10-7-15-24-23(20)28-3/h4-10,15,17,19,21H,11-14,16H2,1-3H3,(H,25,27). The Balaban J connectivity index is 1.53. The van der Waals surface area contributed by atoms with Gasteiger partial charge in [0.15, 0.2) is 0 Å². The molecule has 2 aromatic rings. The van der Waals surface area contributed by atoms with Crippen molar-refractivity contribution in [1.29, 1.82) is 0 Å². The molecule has 5 heteroatoms. The van der Waals surface area contributed by atoms with E-state index < -0.39 is 0 Å². The van der Waals surface area contributed by atoms with E-state index in [0.29, 0.717) is 23.4 Å². The quantitative estimate of drug-likeness (QED) is 0.691. The van der Waals surface area contributed by atoms with Crippen LogP contribution in [0.3, 0.4) is 0 Å². The van der Waals surface area contributed by atoms with E-state index in [1.54, 1.807) is 6.20 Å². The van der Waals surface area contributed by atoms with Crippen LogP contribution in [0.1, 0.15) is 47.6 Å². The van der Waals surface area contributed by atoms with Gasteiger partial charge < -0.3 is 10.2 Å². The molecule has 28 heavy (non-hydrogen) atoms. The average molecular weight is 398 g/mol. The van der Waals surface area contributed by atoms with Gasteiger partial charge >= 0.3 is 0 Å². The Morgan fingerprint density at radius 3 is 2.50 bits per heavy atom. The largest absolute Gasteiger partial charge is 0.352 e. The molecular formula is C23H31N3OS. The summed E-state index contributed by atoms with van der Waals surface area (Å²) in [6.45, 7) is 0.756. The van der Waals surface area contributed by atoms with Crippen LogP contribution in [0.15, 0.2) is 53.7 Å². The van der Waals surface area contributed by atoms with Crippen molar-refractivity contribution in [3.8, 4) is 0 Å². The van der Waals surface area contributed by atoms with Crippen molar-refractivity contribution < 1.29 is 4.79 Å². The third-order valence-corrected chi connectivity index (χ3v) is 6.51. The predicted octanol–water partition coefficient (Wildman–Crippen LogP) is 4.64. The molecule has 1 amide bonds. The first-order valence-corrected chi connectivity index (χ1v) is 11.3. The van der Waals surface area contributed by atoms with Crippen molar-refractivity contribution >= 4 is 17.7 Å². The van der Waals surface area contributed by atoms with Crippen LogP contribution >= 0.6 is 11.8 Å². The first-order valence-electron chi connectivity index (χ1n) is 10.1. The first-order chi connectivity index (χ1) is 13.6. The number of nitrogens with one attached hydrogen (secondary N) is 1. The van der Waals surface area contributed by atoms with Crippen molar-refractivity contribution in [2.45, 2.75) is 36.8 Å². The second kappa shape index (κ2) is 10.1. The highest BCUT2D eigenvalue weighted by Gasteiger charge is 2.30. The summed E-state index contributed by atoms with van der Waals surface area (Å²) in [5.41, 5.74) is 2.09. The SMILES string of the molecule is CSc1ncccc1C(=O)NCC1CCC(C(c2ccccc2)N(C)C)CC1. The lowest BCUT2D eigenvalue weighted by molar-refractivity contribution is 0.0931. The minimum Gasteiger partial charge on any atom is -0.352 e. The zero-order valence-electron chi connectivity index (χ0n) is 17.1. The van der Waals surface area contributed by atoms with Gasteiger partial charge in [-0.25, -0.2) is 4.98 Å². The minimum atomic E-state index is -0.00460. The number of hydrogen-bond acceptors (Lipinski definition) is 4. The number of thioether (sulfide) groups is 1. The number of amides is 1. The normalized spacial score (nSPS) is 20.7. The molecule has 1 aromatic heterocycles. The molecular weight excluding hydrogens is 366 g/mol. The van der Waals surface area contributed by atoms with Crippen LogP contribution in [0.2, 0.25) is 0 Å². The van der Waals surface area contributed by atoms with Crippen molar-refractivity contribution in [1.82, 2.24) is 15.2 Å². The molecule has 0 saturated heterocycles. The first kappa shape index (κ1) is 20.9. The number of pyridine rings is 1. The second-order valence-electron chi connectivity index (χ2n) is 7.87. The zero-order valence-corrected chi connectivity index (χ0v) is 17.9. The lowest BCUT2D eigenvalue weighted by Crippen LogP contribution is -2.34. The molecule has 150 valence electrons. The van der Waals surface area contributed by atoms with Gasteiger partial charge in [-0.3, -0.25) is 4.79 Å². The number of benzene rings is 1. The fraction of sp³-hybridized carbons (Fsp3) is 0.478. The number of aromatic nitrogens is 1. The van der Waals surface area contributed by atoms with Gasteiger partial charge in [-0.2, -0.15) is 0 Å². The van der Waals surface area contributed by atoms with E-state index >= 15 is 0 Å². The second-order valence-corrected chi connectivity index (χ2v) is 8.67. The lowest BCUT2D eigenvalue weighted by atomic mass is 9.76. The molecule has 1 fully saturated rings. The van der Waals surface area contributed by atoms with E-state index in [1.165, 1.54) is 43.0 Å². The summed E-state index contributed by atoms with van der Waals surface area (Å²) < 4.78 is 0. The van der Waals surface area contributed by atoms with Crippen LogP contribution in [-0.2, 0) is 0 Å². The lowest BCUT2D eigenvalue weighted by Gasteiger charge is -2.37. The monoisotopic (exact) mass is 397 g/mol. The molecule has 0 radical (unpaired) electrons. The fourth-order valence-electron chi connectivity index (χ4n) is 4.41. The fourth-order valence-corrected chi connectivity index (χ4v) is 4.96. The summed E-state index contributed by atoms with van der Waals surface area (Å²) in [5.74, 6) is 1.23. The Morgan fingerprint density at radius 1 is 1.14 bits per heavy atom. The minimum absolute atomic E-state index is 0.00460. The maximum absolute atomic E-state index is 12.5. The molecule has 0 aliphatic heterocycles. The van der Waals surface area contributed by atoms with Crippen molar-refractivity contribution in [2.75, 3.05) is 26.9 Å². The highest BCUT2D eigenvalue weighted by Crippen LogP contribution is 2.39. The summed E-state index contributed by atoms with van der Waals surface area (Å²) >= 11 is 1.51. The summed E-state index contributed by atoms with van der Waals surface area (Å²) in [5, 5.41) is 3.93. The Hall–Kier alpha value is -1.85. The van der Waals surface area contributed by atoms with E-state index in [1.807, 2.05) is 18.4 Å². The smallest absolute Gasteiger partial charge is 0.254 e. The van der Waals surface area contributed by atoms with E-state index in [9.17, 15) is 4.79 Å². The van der Waals surface area contributed by atoms with E-state index in [-0.39, 0.29) is 5.91 Å². The molecule has 1 N–H and O–H groups in total. The number of hydrogen-bond donors (Lipinski definition) is 1. The Labute approximate surface area is 173 Å². The summed E-state index contributed by atoms with van der Waals surface area (Å²) in [6, 6.07) is 15.0. The van der Waals surface area contributed by atoms with E-state index in [2.05, 4.69) is 59.6 Å². The molecule has 4 nitrogen and oxygen atoms in total. The number of carbonyl (C=O) groups is 1. The topological polar surface area (TPSA) is 45.2 Å².